The quantitative estimate of drug-likeness (QED) is 0.802. The molecule has 4 rings (SSSR count). The van der Waals surface area contributed by atoms with E-state index in [-0.39, 0.29) is 29.6 Å². The number of nitrogens with one attached hydrogen (secondary N) is 2. The van der Waals surface area contributed by atoms with E-state index in [0.717, 1.165) is 12.8 Å². The third kappa shape index (κ3) is 4.32. The predicted octanol–water partition coefficient (Wildman–Crippen LogP) is 2.74. The zero-order valence-corrected chi connectivity index (χ0v) is 15.5. The molecular formula is C20H19F2N5O2. The third-order valence-electron chi connectivity index (χ3n) is 4.95. The van der Waals surface area contributed by atoms with Gasteiger partial charge in [-0.05, 0) is 37.6 Å². The molecule has 1 aromatic carbocycles. The molecule has 1 saturated heterocycles. The SMILES string of the molecule is N#Cc1cc(-c2cc(NC(=O)C3CC3)ncn2)ccc1O[C@H]1CCNCC1(F)F. The predicted molar refractivity (Wildman–Crippen MR) is 100 cm³/mol. The topological polar surface area (TPSA) is 99.9 Å². The van der Waals surface area contributed by atoms with E-state index in [1.807, 2.05) is 6.07 Å². The van der Waals surface area contributed by atoms with E-state index in [4.69, 9.17) is 4.74 Å². The van der Waals surface area contributed by atoms with Crippen LogP contribution in [0.4, 0.5) is 14.6 Å². The number of carbonyl (C=O) groups excluding carboxylic acids is 1. The molecule has 2 aromatic rings. The number of piperidine rings is 1. The van der Waals surface area contributed by atoms with Crippen molar-refractivity contribution >= 4 is 11.7 Å². The van der Waals surface area contributed by atoms with Gasteiger partial charge in [-0.1, -0.05) is 0 Å². The van der Waals surface area contributed by atoms with Crippen molar-refractivity contribution in [3.05, 3.63) is 36.2 Å². The van der Waals surface area contributed by atoms with Crippen molar-refractivity contribution in [2.24, 2.45) is 5.92 Å². The van der Waals surface area contributed by atoms with Crippen molar-refractivity contribution in [1.82, 2.24) is 15.3 Å². The molecule has 0 spiro atoms. The first kappa shape index (κ1) is 19.2. The summed E-state index contributed by atoms with van der Waals surface area (Å²) >= 11 is 0. The lowest BCUT2D eigenvalue weighted by molar-refractivity contribution is -0.117. The van der Waals surface area contributed by atoms with Crippen LogP contribution in [0.1, 0.15) is 24.8 Å². The number of hydrogen-bond acceptors (Lipinski definition) is 6. The maximum Gasteiger partial charge on any atom is 0.296 e. The van der Waals surface area contributed by atoms with Gasteiger partial charge in [0.15, 0.2) is 6.10 Å². The minimum absolute atomic E-state index is 0.0446. The number of ether oxygens (including phenoxy) is 1. The fourth-order valence-corrected chi connectivity index (χ4v) is 3.15. The zero-order chi connectivity index (χ0) is 20.4. The van der Waals surface area contributed by atoms with Crippen molar-refractivity contribution in [2.75, 3.05) is 18.4 Å². The van der Waals surface area contributed by atoms with Crippen molar-refractivity contribution < 1.29 is 18.3 Å². The highest BCUT2D eigenvalue weighted by Gasteiger charge is 2.43. The number of anilines is 1. The van der Waals surface area contributed by atoms with E-state index in [1.54, 1.807) is 12.1 Å². The minimum atomic E-state index is -3.01. The monoisotopic (exact) mass is 399 g/mol. The summed E-state index contributed by atoms with van der Waals surface area (Å²) in [5.41, 5.74) is 1.23. The average Bonchev–Trinajstić information content (AvgIpc) is 3.55. The van der Waals surface area contributed by atoms with Crippen LogP contribution in [-0.2, 0) is 4.79 Å². The first-order valence-corrected chi connectivity index (χ1v) is 9.39. The smallest absolute Gasteiger partial charge is 0.296 e. The van der Waals surface area contributed by atoms with E-state index >= 15 is 0 Å². The Morgan fingerprint density at radius 2 is 2.10 bits per heavy atom. The summed E-state index contributed by atoms with van der Waals surface area (Å²) in [7, 11) is 0. The number of hydrogen-bond donors (Lipinski definition) is 2. The van der Waals surface area contributed by atoms with Crippen LogP contribution in [-0.4, -0.2) is 41.0 Å². The second-order valence-corrected chi connectivity index (χ2v) is 7.21. The summed E-state index contributed by atoms with van der Waals surface area (Å²) in [5, 5.41) is 14.9. The Morgan fingerprint density at radius 1 is 1.28 bits per heavy atom. The first-order valence-electron chi connectivity index (χ1n) is 9.39. The second-order valence-electron chi connectivity index (χ2n) is 7.21. The maximum atomic E-state index is 14.0. The highest BCUT2D eigenvalue weighted by atomic mass is 19.3. The molecule has 1 aromatic heterocycles. The Kier molecular flexibility index (Phi) is 5.11. The first-order chi connectivity index (χ1) is 14.0. The van der Waals surface area contributed by atoms with E-state index in [2.05, 4.69) is 20.6 Å². The van der Waals surface area contributed by atoms with Crippen LogP contribution in [0.5, 0.6) is 5.75 Å². The third-order valence-corrected chi connectivity index (χ3v) is 4.95. The number of aromatic nitrogens is 2. The van der Waals surface area contributed by atoms with Gasteiger partial charge in [0.05, 0.1) is 17.8 Å². The summed E-state index contributed by atoms with van der Waals surface area (Å²) < 4.78 is 33.5. The van der Waals surface area contributed by atoms with Crippen molar-refractivity contribution in [3.8, 4) is 23.1 Å². The lowest BCUT2D eigenvalue weighted by Crippen LogP contribution is -2.52. The molecule has 2 fully saturated rings. The zero-order valence-electron chi connectivity index (χ0n) is 15.5. The molecule has 1 amide bonds. The number of nitriles is 1. The van der Waals surface area contributed by atoms with E-state index < -0.39 is 18.6 Å². The highest BCUT2D eigenvalue weighted by molar-refractivity contribution is 5.93. The van der Waals surface area contributed by atoms with Gasteiger partial charge in [-0.25, -0.2) is 18.7 Å². The van der Waals surface area contributed by atoms with Crippen LogP contribution in [0.3, 0.4) is 0 Å². The number of nitrogens with zero attached hydrogens (tertiary/aromatic N) is 3. The van der Waals surface area contributed by atoms with Gasteiger partial charge >= 0.3 is 0 Å². The van der Waals surface area contributed by atoms with E-state index in [0.29, 0.717) is 23.6 Å². The summed E-state index contributed by atoms with van der Waals surface area (Å²) in [6.07, 6.45) is 1.95. The molecule has 2 aliphatic rings. The molecule has 0 radical (unpaired) electrons. The molecule has 0 bridgehead atoms. The lowest BCUT2D eigenvalue weighted by atomic mass is 10.0. The molecule has 9 heteroatoms. The number of alkyl halides is 2. The van der Waals surface area contributed by atoms with Gasteiger partial charge < -0.3 is 15.4 Å². The molecule has 1 aliphatic heterocycles. The van der Waals surface area contributed by atoms with Gasteiger partial charge in [0, 0.05) is 24.0 Å². The maximum absolute atomic E-state index is 14.0. The summed E-state index contributed by atoms with van der Waals surface area (Å²) in [5.74, 6) is -2.55. The molecule has 1 aliphatic carbocycles. The largest absolute Gasteiger partial charge is 0.483 e. The van der Waals surface area contributed by atoms with Gasteiger partial charge in [-0.15, -0.1) is 0 Å². The molecule has 150 valence electrons. The van der Waals surface area contributed by atoms with Crippen LogP contribution < -0.4 is 15.4 Å². The minimum Gasteiger partial charge on any atom is -0.483 e. The Balaban J connectivity index is 1.55. The Labute approximate surface area is 166 Å². The van der Waals surface area contributed by atoms with Crippen molar-refractivity contribution in [1.29, 1.82) is 5.26 Å². The van der Waals surface area contributed by atoms with Crippen LogP contribution in [0.25, 0.3) is 11.3 Å². The van der Waals surface area contributed by atoms with E-state index in [9.17, 15) is 18.8 Å². The number of carbonyl (C=O) groups is 1. The fraction of sp³-hybridized carbons (Fsp3) is 0.400. The van der Waals surface area contributed by atoms with Gasteiger partial charge in [0.25, 0.3) is 5.92 Å². The van der Waals surface area contributed by atoms with Crippen molar-refractivity contribution in [2.45, 2.75) is 31.3 Å². The number of amides is 1. The van der Waals surface area contributed by atoms with Crippen LogP contribution in [0, 0.1) is 17.2 Å². The van der Waals surface area contributed by atoms with Crippen LogP contribution in [0.2, 0.25) is 0 Å². The van der Waals surface area contributed by atoms with Gasteiger partial charge in [-0.2, -0.15) is 5.26 Å². The van der Waals surface area contributed by atoms with Gasteiger partial charge in [-0.3, -0.25) is 4.79 Å². The summed E-state index contributed by atoms with van der Waals surface area (Å²) in [4.78, 5) is 20.1. The number of halogens is 2. The van der Waals surface area contributed by atoms with Crippen LogP contribution >= 0.6 is 0 Å². The molecule has 1 saturated carbocycles. The highest BCUT2D eigenvalue weighted by Crippen LogP contribution is 2.32. The molecule has 2 heterocycles. The second kappa shape index (κ2) is 7.72. The number of rotatable bonds is 5. The molecule has 0 unspecified atom stereocenters. The molecular weight excluding hydrogens is 380 g/mol. The molecule has 1 atom stereocenters. The van der Waals surface area contributed by atoms with E-state index in [1.165, 1.54) is 18.5 Å². The fourth-order valence-electron chi connectivity index (χ4n) is 3.15. The van der Waals surface area contributed by atoms with Gasteiger partial charge in [0.1, 0.15) is 24.0 Å². The average molecular weight is 399 g/mol. The normalized spacial score (nSPS) is 20.5. The molecule has 29 heavy (non-hydrogen) atoms. The molecule has 7 nitrogen and oxygen atoms in total. The standard InChI is InChI=1S/C20H19F2N5O2/c21-20(22)10-24-6-5-17(20)29-16-4-3-13(7-14(16)9-23)15-8-18(26-11-25-15)27-19(28)12-1-2-12/h3-4,7-8,11-12,17,24H,1-2,5-6,10H2,(H,25,26,27,28)/t17-/m0/s1. The van der Waals surface area contributed by atoms with Crippen molar-refractivity contribution in [3.63, 3.8) is 0 Å². The number of benzene rings is 1. The Morgan fingerprint density at radius 3 is 2.83 bits per heavy atom. The van der Waals surface area contributed by atoms with Crippen LogP contribution in [0.15, 0.2) is 30.6 Å². The molecule has 2 N–H and O–H groups in total. The summed E-state index contributed by atoms with van der Waals surface area (Å²) in [6, 6.07) is 8.27. The Bertz CT molecular complexity index is 972. The lowest BCUT2D eigenvalue weighted by Gasteiger charge is -2.32. The Hall–Kier alpha value is -3.12. The van der Waals surface area contributed by atoms with Gasteiger partial charge in [0.2, 0.25) is 5.91 Å². The summed E-state index contributed by atoms with van der Waals surface area (Å²) in [6.45, 7) is -0.0234.